The first-order valence-electron chi connectivity index (χ1n) is 10.2. The van der Waals surface area contributed by atoms with Gasteiger partial charge in [0, 0.05) is 25.8 Å². The summed E-state index contributed by atoms with van der Waals surface area (Å²) >= 11 is 0. The number of rotatable bonds is 6. The van der Waals surface area contributed by atoms with Gasteiger partial charge in [-0.25, -0.2) is 9.59 Å². The Morgan fingerprint density at radius 1 is 0.875 bits per heavy atom. The summed E-state index contributed by atoms with van der Waals surface area (Å²) in [6, 6.07) is 19.4. The standard InChI is InChI=1S/C24H24N4O4/c1-4-31-17-12-10-16(11-13-17)25-23(29)26-19-14-20-21(28(3)24(30)27(20)2)15-22(19)32-18-8-6-5-7-9-18/h5-15H,4H2,1-3H3,(H2,25,26,29). The first-order chi connectivity index (χ1) is 15.5. The van der Waals surface area contributed by atoms with E-state index in [-0.39, 0.29) is 5.69 Å². The summed E-state index contributed by atoms with van der Waals surface area (Å²) in [5.74, 6) is 1.77. The normalized spacial score (nSPS) is 10.7. The second-order valence-electron chi connectivity index (χ2n) is 7.19. The second-order valence-corrected chi connectivity index (χ2v) is 7.19. The van der Waals surface area contributed by atoms with Gasteiger partial charge in [-0.2, -0.15) is 0 Å². The van der Waals surface area contributed by atoms with Crippen molar-refractivity contribution >= 4 is 28.4 Å². The fourth-order valence-corrected chi connectivity index (χ4v) is 3.41. The molecule has 0 aliphatic rings. The molecular formula is C24H24N4O4. The molecule has 0 unspecified atom stereocenters. The number of hydrogen-bond donors (Lipinski definition) is 2. The van der Waals surface area contributed by atoms with Gasteiger partial charge in [-0.3, -0.25) is 9.13 Å². The number of amides is 2. The van der Waals surface area contributed by atoms with Crippen molar-refractivity contribution in [1.29, 1.82) is 0 Å². The van der Waals surface area contributed by atoms with Crippen LogP contribution in [-0.2, 0) is 14.1 Å². The van der Waals surface area contributed by atoms with E-state index in [1.807, 2.05) is 37.3 Å². The fraction of sp³-hybridized carbons (Fsp3) is 0.167. The maximum atomic E-state index is 12.7. The van der Waals surface area contributed by atoms with Crippen molar-refractivity contribution in [1.82, 2.24) is 9.13 Å². The van der Waals surface area contributed by atoms with Crippen LogP contribution in [-0.4, -0.2) is 21.8 Å². The molecule has 0 aliphatic heterocycles. The van der Waals surface area contributed by atoms with Gasteiger partial charge in [-0.05, 0) is 49.4 Å². The van der Waals surface area contributed by atoms with Crippen LogP contribution >= 0.6 is 0 Å². The van der Waals surface area contributed by atoms with E-state index in [1.54, 1.807) is 50.5 Å². The molecule has 4 aromatic rings. The number of anilines is 2. The van der Waals surface area contributed by atoms with Crippen molar-refractivity contribution in [3.8, 4) is 17.2 Å². The summed E-state index contributed by atoms with van der Waals surface area (Å²) in [7, 11) is 3.38. The number of urea groups is 1. The Kier molecular flexibility index (Phi) is 5.85. The van der Waals surface area contributed by atoms with E-state index >= 15 is 0 Å². The van der Waals surface area contributed by atoms with Gasteiger partial charge in [0.15, 0.2) is 5.75 Å². The van der Waals surface area contributed by atoms with Crippen molar-refractivity contribution in [3.63, 3.8) is 0 Å². The number of carbonyl (C=O) groups excluding carboxylic acids is 1. The number of nitrogens with one attached hydrogen (secondary N) is 2. The predicted molar refractivity (Wildman–Crippen MR) is 125 cm³/mol. The van der Waals surface area contributed by atoms with Crippen LogP contribution in [0, 0.1) is 0 Å². The number of benzene rings is 3. The Bertz CT molecular complexity index is 1310. The summed E-state index contributed by atoms with van der Waals surface area (Å²) in [5, 5.41) is 5.63. The summed E-state index contributed by atoms with van der Waals surface area (Å²) in [5.41, 5.74) is 2.26. The average Bonchev–Trinajstić information content (AvgIpc) is 3.00. The lowest BCUT2D eigenvalue weighted by molar-refractivity contribution is 0.262. The van der Waals surface area contributed by atoms with E-state index < -0.39 is 6.03 Å². The van der Waals surface area contributed by atoms with Crippen molar-refractivity contribution < 1.29 is 14.3 Å². The van der Waals surface area contributed by atoms with E-state index in [1.165, 1.54) is 9.13 Å². The predicted octanol–water partition coefficient (Wildman–Crippen LogP) is 4.71. The molecule has 32 heavy (non-hydrogen) atoms. The molecule has 8 heteroatoms. The van der Waals surface area contributed by atoms with Crippen molar-refractivity contribution in [2.45, 2.75) is 6.92 Å². The van der Waals surface area contributed by atoms with E-state index in [0.717, 1.165) is 5.75 Å². The third-order valence-electron chi connectivity index (χ3n) is 5.02. The van der Waals surface area contributed by atoms with E-state index in [9.17, 15) is 9.59 Å². The second kappa shape index (κ2) is 8.89. The third-order valence-corrected chi connectivity index (χ3v) is 5.02. The SMILES string of the molecule is CCOc1ccc(NC(=O)Nc2cc3c(cc2Oc2ccccc2)n(C)c(=O)n3C)cc1. The lowest BCUT2D eigenvalue weighted by Gasteiger charge is -2.14. The number of para-hydroxylation sites is 1. The Morgan fingerprint density at radius 3 is 2.19 bits per heavy atom. The molecule has 0 atom stereocenters. The molecule has 1 heterocycles. The number of hydrogen-bond acceptors (Lipinski definition) is 4. The smallest absolute Gasteiger partial charge is 0.328 e. The zero-order valence-corrected chi connectivity index (χ0v) is 18.1. The highest BCUT2D eigenvalue weighted by molar-refractivity contribution is 6.02. The van der Waals surface area contributed by atoms with Crippen molar-refractivity contribution in [3.05, 3.63) is 77.2 Å². The number of carbonyl (C=O) groups is 1. The van der Waals surface area contributed by atoms with Gasteiger partial charge in [-0.1, -0.05) is 18.2 Å². The van der Waals surface area contributed by atoms with Crippen LogP contribution in [0.5, 0.6) is 17.2 Å². The van der Waals surface area contributed by atoms with Gasteiger partial charge in [0.1, 0.15) is 11.5 Å². The molecule has 0 fully saturated rings. The number of aryl methyl sites for hydroxylation is 2. The Morgan fingerprint density at radius 2 is 1.53 bits per heavy atom. The molecule has 1 aromatic heterocycles. The van der Waals surface area contributed by atoms with Crippen LogP contribution in [0.3, 0.4) is 0 Å². The summed E-state index contributed by atoms with van der Waals surface area (Å²) in [4.78, 5) is 25.1. The molecule has 0 aliphatic carbocycles. The number of fused-ring (bicyclic) bond motifs is 1. The molecule has 3 aromatic carbocycles. The molecule has 4 rings (SSSR count). The molecule has 2 N–H and O–H groups in total. The Hall–Kier alpha value is -4.20. The van der Waals surface area contributed by atoms with Crippen molar-refractivity contribution in [2.75, 3.05) is 17.2 Å². The van der Waals surface area contributed by atoms with Gasteiger partial charge >= 0.3 is 11.7 Å². The van der Waals surface area contributed by atoms with Crippen LogP contribution < -0.4 is 25.8 Å². The van der Waals surface area contributed by atoms with Crippen molar-refractivity contribution in [2.24, 2.45) is 14.1 Å². The number of nitrogens with zero attached hydrogens (tertiary/aromatic N) is 2. The minimum Gasteiger partial charge on any atom is -0.494 e. The highest BCUT2D eigenvalue weighted by atomic mass is 16.5. The lowest BCUT2D eigenvalue weighted by Crippen LogP contribution is -2.20. The molecule has 0 radical (unpaired) electrons. The molecule has 0 bridgehead atoms. The molecule has 0 spiro atoms. The largest absolute Gasteiger partial charge is 0.494 e. The van der Waals surface area contributed by atoms with Gasteiger partial charge in [0.05, 0.1) is 23.3 Å². The highest BCUT2D eigenvalue weighted by Crippen LogP contribution is 2.33. The summed E-state index contributed by atoms with van der Waals surface area (Å²) in [6.45, 7) is 2.48. The van der Waals surface area contributed by atoms with Crippen LogP contribution in [0.15, 0.2) is 71.5 Å². The zero-order valence-electron chi connectivity index (χ0n) is 18.1. The lowest BCUT2D eigenvalue weighted by atomic mass is 10.2. The van der Waals surface area contributed by atoms with Gasteiger partial charge in [-0.15, -0.1) is 0 Å². The summed E-state index contributed by atoms with van der Waals surface area (Å²) in [6.07, 6.45) is 0. The maximum absolute atomic E-state index is 12.7. The number of ether oxygens (including phenoxy) is 2. The molecule has 164 valence electrons. The van der Waals surface area contributed by atoms with Gasteiger partial charge in [0.2, 0.25) is 0 Å². The van der Waals surface area contributed by atoms with Crippen LogP contribution in [0.4, 0.5) is 16.2 Å². The average molecular weight is 432 g/mol. The minimum atomic E-state index is -0.438. The van der Waals surface area contributed by atoms with Crippen LogP contribution in [0.1, 0.15) is 6.92 Å². The first-order valence-corrected chi connectivity index (χ1v) is 10.2. The minimum absolute atomic E-state index is 0.165. The highest BCUT2D eigenvalue weighted by Gasteiger charge is 2.16. The monoisotopic (exact) mass is 432 g/mol. The first kappa shape index (κ1) is 21.0. The Balaban J connectivity index is 1.64. The van der Waals surface area contributed by atoms with Gasteiger partial charge in [0.25, 0.3) is 0 Å². The number of aromatic nitrogens is 2. The maximum Gasteiger partial charge on any atom is 0.328 e. The topological polar surface area (TPSA) is 86.5 Å². The summed E-state index contributed by atoms with van der Waals surface area (Å²) < 4.78 is 14.5. The van der Waals surface area contributed by atoms with E-state index in [2.05, 4.69) is 10.6 Å². The van der Waals surface area contributed by atoms with Crippen LogP contribution in [0.25, 0.3) is 11.0 Å². The third kappa shape index (κ3) is 4.29. The van der Waals surface area contributed by atoms with E-state index in [0.29, 0.717) is 40.5 Å². The van der Waals surface area contributed by atoms with Gasteiger partial charge < -0.3 is 20.1 Å². The quantitative estimate of drug-likeness (QED) is 0.462. The fourth-order valence-electron chi connectivity index (χ4n) is 3.41. The number of imidazole rings is 1. The molecule has 0 saturated heterocycles. The van der Waals surface area contributed by atoms with Crippen LogP contribution in [0.2, 0.25) is 0 Å². The Labute approximate surface area is 185 Å². The molecule has 8 nitrogen and oxygen atoms in total. The zero-order chi connectivity index (χ0) is 22.7. The van der Waals surface area contributed by atoms with E-state index in [4.69, 9.17) is 9.47 Å². The molecule has 2 amide bonds. The molecular weight excluding hydrogens is 408 g/mol. The molecule has 0 saturated carbocycles.